The lowest BCUT2D eigenvalue weighted by Crippen LogP contribution is -2.32. The molecule has 0 unspecified atom stereocenters. The monoisotopic (exact) mass is 280 g/mol. The second-order valence-corrected chi connectivity index (χ2v) is 3.99. The molecule has 2 N–H and O–H groups in total. The molecule has 2 aromatic carbocycles. The normalized spacial score (nSPS) is 9.79. The first kappa shape index (κ1) is 13.2. The third-order valence-electron chi connectivity index (χ3n) is 2.18. The Hall–Kier alpha value is -2.27. The van der Waals surface area contributed by atoms with Crippen molar-refractivity contribution in [2.24, 2.45) is 0 Å². The van der Waals surface area contributed by atoms with Crippen LogP contribution in [-0.4, -0.2) is 6.09 Å². The molecule has 4 nitrogen and oxygen atoms in total. The van der Waals surface area contributed by atoms with Crippen LogP contribution in [0.2, 0.25) is 5.02 Å². The summed E-state index contributed by atoms with van der Waals surface area (Å²) in [4.78, 5) is 11.4. The lowest BCUT2D eigenvalue weighted by atomic mass is 10.3. The third-order valence-corrected chi connectivity index (χ3v) is 2.47. The molecule has 2 aromatic rings. The van der Waals surface area contributed by atoms with Crippen LogP contribution < -0.4 is 15.6 Å². The average Bonchev–Trinajstić information content (AvgIpc) is 2.41. The molecule has 0 fully saturated rings. The van der Waals surface area contributed by atoms with Gasteiger partial charge in [-0.15, -0.1) is 0 Å². The zero-order valence-electron chi connectivity index (χ0n) is 9.69. The van der Waals surface area contributed by atoms with E-state index in [2.05, 4.69) is 10.9 Å². The van der Waals surface area contributed by atoms with Gasteiger partial charge in [-0.1, -0.05) is 29.8 Å². The molecule has 0 saturated carbocycles. The molecule has 2 rings (SSSR count). The summed E-state index contributed by atoms with van der Waals surface area (Å²) in [6.45, 7) is 0. The number of halogens is 2. The molecule has 0 aliphatic carbocycles. The first-order valence-corrected chi connectivity index (χ1v) is 5.77. The van der Waals surface area contributed by atoms with Crippen molar-refractivity contribution in [1.29, 1.82) is 0 Å². The fourth-order valence-electron chi connectivity index (χ4n) is 1.32. The summed E-state index contributed by atoms with van der Waals surface area (Å²) in [7, 11) is 0. The molecule has 0 aliphatic rings. The number of amides is 1. The van der Waals surface area contributed by atoms with Crippen LogP contribution >= 0.6 is 11.6 Å². The summed E-state index contributed by atoms with van der Waals surface area (Å²) in [5, 5.41) is -0.0387. The lowest BCUT2D eigenvalue weighted by molar-refractivity contribution is 0.203. The molecule has 0 radical (unpaired) electrons. The minimum Gasteiger partial charge on any atom is -0.409 e. The number of hydrazine groups is 1. The van der Waals surface area contributed by atoms with E-state index in [1.165, 1.54) is 18.2 Å². The van der Waals surface area contributed by atoms with Gasteiger partial charge in [-0.3, -0.25) is 5.43 Å². The van der Waals surface area contributed by atoms with Gasteiger partial charge in [-0.05, 0) is 30.3 Å². The van der Waals surface area contributed by atoms with E-state index in [1.807, 2.05) is 6.07 Å². The van der Waals surface area contributed by atoms with Gasteiger partial charge in [0.1, 0.15) is 11.6 Å². The molecule has 0 bridgehead atoms. The van der Waals surface area contributed by atoms with E-state index in [4.69, 9.17) is 16.3 Å². The molecule has 19 heavy (non-hydrogen) atoms. The zero-order chi connectivity index (χ0) is 13.7. The van der Waals surface area contributed by atoms with Gasteiger partial charge < -0.3 is 4.74 Å². The quantitative estimate of drug-likeness (QED) is 0.845. The molecule has 0 aromatic heterocycles. The van der Waals surface area contributed by atoms with Crippen LogP contribution in [0.4, 0.5) is 14.9 Å². The number of anilines is 1. The summed E-state index contributed by atoms with van der Waals surface area (Å²) in [5.74, 6) is -0.113. The van der Waals surface area contributed by atoms with Crippen molar-refractivity contribution in [2.45, 2.75) is 0 Å². The van der Waals surface area contributed by atoms with Crippen LogP contribution in [0.5, 0.6) is 5.75 Å². The smallest absolute Gasteiger partial charge is 0.409 e. The molecular formula is C13H10ClFN2O2. The second-order valence-electron chi connectivity index (χ2n) is 3.58. The van der Waals surface area contributed by atoms with Crippen molar-refractivity contribution < 1.29 is 13.9 Å². The van der Waals surface area contributed by atoms with Crippen molar-refractivity contribution >= 4 is 23.4 Å². The fourth-order valence-corrected chi connectivity index (χ4v) is 1.50. The fraction of sp³-hybridized carbons (Fsp3) is 0. The first-order chi connectivity index (χ1) is 9.15. The van der Waals surface area contributed by atoms with Crippen molar-refractivity contribution in [3.05, 3.63) is 59.4 Å². The highest BCUT2D eigenvalue weighted by molar-refractivity contribution is 6.31. The highest BCUT2D eigenvalue weighted by atomic mass is 35.5. The molecule has 1 amide bonds. The Morgan fingerprint density at radius 3 is 2.58 bits per heavy atom. The standard InChI is InChI=1S/C13H10ClFN2O2/c14-11-8-9(6-7-12(11)15)16-17-13(18)19-10-4-2-1-3-5-10/h1-8,16H,(H,17,18). The van der Waals surface area contributed by atoms with E-state index in [0.29, 0.717) is 11.4 Å². The number of carbonyl (C=O) groups is 1. The van der Waals surface area contributed by atoms with E-state index < -0.39 is 11.9 Å². The van der Waals surface area contributed by atoms with Gasteiger partial charge in [0.2, 0.25) is 0 Å². The van der Waals surface area contributed by atoms with Crippen LogP contribution in [0.25, 0.3) is 0 Å². The van der Waals surface area contributed by atoms with Gasteiger partial charge in [0.05, 0.1) is 10.7 Å². The summed E-state index contributed by atoms with van der Waals surface area (Å²) in [6, 6.07) is 12.6. The maximum absolute atomic E-state index is 12.9. The maximum atomic E-state index is 12.9. The molecule has 0 heterocycles. The Morgan fingerprint density at radius 2 is 1.89 bits per heavy atom. The predicted octanol–water partition coefficient (Wildman–Crippen LogP) is 3.59. The minimum atomic E-state index is -0.688. The largest absolute Gasteiger partial charge is 0.431 e. The van der Waals surface area contributed by atoms with Gasteiger partial charge in [0, 0.05) is 0 Å². The number of ether oxygens (including phenoxy) is 1. The Kier molecular flexibility index (Phi) is 4.20. The Labute approximate surface area is 114 Å². The second kappa shape index (κ2) is 6.06. The highest BCUT2D eigenvalue weighted by Gasteiger charge is 2.04. The van der Waals surface area contributed by atoms with E-state index in [1.54, 1.807) is 24.3 Å². The topological polar surface area (TPSA) is 50.4 Å². The molecule has 0 spiro atoms. The number of hydrogen-bond donors (Lipinski definition) is 2. The maximum Gasteiger partial charge on any atom is 0.431 e. The van der Waals surface area contributed by atoms with Crippen molar-refractivity contribution in [3.63, 3.8) is 0 Å². The number of rotatable bonds is 3. The zero-order valence-corrected chi connectivity index (χ0v) is 10.4. The Bertz CT molecular complexity index is 578. The van der Waals surface area contributed by atoms with Crippen molar-refractivity contribution in [3.8, 4) is 5.75 Å². The molecular weight excluding hydrogens is 271 g/mol. The van der Waals surface area contributed by atoms with E-state index in [0.717, 1.165) is 0 Å². The predicted molar refractivity (Wildman–Crippen MR) is 70.6 cm³/mol. The molecule has 0 saturated heterocycles. The summed E-state index contributed by atoms with van der Waals surface area (Å²) < 4.78 is 17.9. The van der Waals surface area contributed by atoms with Gasteiger partial charge in [-0.25, -0.2) is 14.6 Å². The molecule has 6 heteroatoms. The molecule has 0 atom stereocenters. The lowest BCUT2D eigenvalue weighted by Gasteiger charge is -2.09. The molecule has 98 valence electrons. The summed E-state index contributed by atoms with van der Waals surface area (Å²) >= 11 is 5.60. The number of benzene rings is 2. The van der Waals surface area contributed by atoms with E-state index in [-0.39, 0.29) is 5.02 Å². The highest BCUT2D eigenvalue weighted by Crippen LogP contribution is 2.18. The SMILES string of the molecule is O=C(NNc1ccc(F)c(Cl)c1)Oc1ccccc1. The van der Waals surface area contributed by atoms with Crippen molar-refractivity contribution in [1.82, 2.24) is 5.43 Å². The van der Waals surface area contributed by atoms with Gasteiger partial charge in [0.15, 0.2) is 0 Å². The summed E-state index contributed by atoms with van der Waals surface area (Å²) in [5.41, 5.74) is 5.30. The van der Waals surface area contributed by atoms with Crippen LogP contribution in [0, 0.1) is 5.82 Å². The Morgan fingerprint density at radius 1 is 1.16 bits per heavy atom. The van der Waals surface area contributed by atoms with Crippen molar-refractivity contribution in [2.75, 3.05) is 5.43 Å². The summed E-state index contributed by atoms with van der Waals surface area (Å²) in [6.07, 6.45) is -0.688. The van der Waals surface area contributed by atoms with Gasteiger partial charge in [-0.2, -0.15) is 0 Å². The van der Waals surface area contributed by atoms with Crippen LogP contribution in [-0.2, 0) is 0 Å². The van der Waals surface area contributed by atoms with E-state index in [9.17, 15) is 9.18 Å². The van der Waals surface area contributed by atoms with Crippen LogP contribution in [0.3, 0.4) is 0 Å². The van der Waals surface area contributed by atoms with E-state index >= 15 is 0 Å². The number of nitrogens with one attached hydrogen (secondary N) is 2. The number of hydrogen-bond acceptors (Lipinski definition) is 3. The third kappa shape index (κ3) is 3.86. The Balaban J connectivity index is 1.88. The number of carbonyl (C=O) groups excluding carboxylic acids is 1. The first-order valence-electron chi connectivity index (χ1n) is 5.39. The minimum absolute atomic E-state index is 0.0387. The van der Waals surface area contributed by atoms with Gasteiger partial charge in [0.25, 0.3) is 0 Å². The van der Waals surface area contributed by atoms with Gasteiger partial charge >= 0.3 is 6.09 Å². The molecule has 0 aliphatic heterocycles. The number of para-hydroxylation sites is 1. The average molecular weight is 281 g/mol. The van der Waals surface area contributed by atoms with Crippen LogP contribution in [0.15, 0.2) is 48.5 Å². The van der Waals surface area contributed by atoms with Crippen LogP contribution in [0.1, 0.15) is 0 Å².